The van der Waals surface area contributed by atoms with Gasteiger partial charge >= 0.3 is 5.97 Å². The monoisotopic (exact) mass is 261 g/mol. The van der Waals surface area contributed by atoms with Crippen LogP contribution in [0, 0.1) is 5.92 Å². The normalized spacial score (nSPS) is 10.9. The molecule has 2 aromatic rings. The Kier molecular flexibility index (Phi) is 3.25. The van der Waals surface area contributed by atoms with Crippen LogP contribution in [-0.2, 0) is 11.8 Å². The summed E-state index contributed by atoms with van der Waals surface area (Å²) in [6.07, 6.45) is 1.55. The highest BCUT2D eigenvalue weighted by atomic mass is 16.4. The van der Waals surface area contributed by atoms with Gasteiger partial charge in [-0.3, -0.25) is 4.79 Å². The van der Waals surface area contributed by atoms with E-state index in [4.69, 9.17) is 0 Å². The molecule has 0 saturated carbocycles. The van der Waals surface area contributed by atoms with Crippen LogP contribution < -0.4 is 5.32 Å². The molecule has 1 amide bonds. The van der Waals surface area contributed by atoms with Crippen LogP contribution in [0.5, 0.6) is 0 Å². The minimum atomic E-state index is -1.05. The predicted molar refractivity (Wildman–Crippen MR) is 71.1 cm³/mol. The molecule has 0 unspecified atom stereocenters. The van der Waals surface area contributed by atoms with E-state index < -0.39 is 5.97 Å². The molecule has 0 aliphatic rings. The minimum Gasteiger partial charge on any atom is -0.478 e. The summed E-state index contributed by atoms with van der Waals surface area (Å²) in [6, 6.07) is 3.12. The SMILES string of the molecule is CC(C)C(=O)Nc1cc(C(=O)O)c2c(c1)ncn2C. The zero-order valence-corrected chi connectivity index (χ0v) is 11.0. The Hall–Kier alpha value is -2.37. The molecule has 0 spiro atoms. The molecule has 2 rings (SSSR count). The van der Waals surface area contributed by atoms with Crippen LogP contribution in [0.25, 0.3) is 11.0 Å². The number of hydrogen-bond acceptors (Lipinski definition) is 3. The van der Waals surface area contributed by atoms with Gasteiger partial charge < -0.3 is 15.0 Å². The van der Waals surface area contributed by atoms with Crippen molar-refractivity contribution in [3.8, 4) is 0 Å². The standard InChI is InChI=1S/C13H15N3O3/c1-7(2)12(17)15-8-4-9(13(18)19)11-10(5-8)14-6-16(11)3/h4-7H,1-3H3,(H,15,17)(H,18,19). The smallest absolute Gasteiger partial charge is 0.337 e. The van der Waals surface area contributed by atoms with E-state index in [9.17, 15) is 14.7 Å². The zero-order valence-electron chi connectivity index (χ0n) is 11.0. The summed E-state index contributed by atoms with van der Waals surface area (Å²) in [6.45, 7) is 3.54. The fourth-order valence-electron chi connectivity index (χ4n) is 1.82. The van der Waals surface area contributed by atoms with Crippen LogP contribution >= 0.6 is 0 Å². The first-order valence-corrected chi connectivity index (χ1v) is 5.89. The second kappa shape index (κ2) is 4.72. The number of nitrogens with zero attached hydrogens (tertiary/aromatic N) is 2. The molecule has 1 aromatic carbocycles. The molecule has 0 aliphatic heterocycles. The molecule has 6 heteroatoms. The molecule has 0 bridgehead atoms. The number of benzene rings is 1. The number of carboxylic acid groups (broad SMARTS) is 1. The van der Waals surface area contributed by atoms with E-state index in [0.717, 1.165) is 0 Å². The zero-order chi connectivity index (χ0) is 14.2. The Bertz CT molecular complexity index is 658. The second-order valence-corrected chi connectivity index (χ2v) is 4.70. The molecular formula is C13H15N3O3. The summed E-state index contributed by atoms with van der Waals surface area (Å²) in [4.78, 5) is 27.1. The van der Waals surface area contributed by atoms with E-state index in [0.29, 0.717) is 16.7 Å². The van der Waals surface area contributed by atoms with Crippen molar-refractivity contribution in [1.29, 1.82) is 0 Å². The third-order valence-electron chi connectivity index (χ3n) is 2.83. The third kappa shape index (κ3) is 2.42. The van der Waals surface area contributed by atoms with Crippen molar-refractivity contribution >= 4 is 28.6 Å². The van der Waals surface area contributed by atoms with E-state index in [1.807, 2.05) is 0 Å². The van der Waals surface area contributed by atoms with Gasteiger partial charge in [0.05, 0.1) is 22.9 Å². The van der Waals surface area contributed by atoms with Crippen molar-refractivity contribution in [1.82, 2.24) is 9.55 Å². The van der Waals surface area contributed by atoms with Crippen molar-refractivity contribution in [2.24, 2.45) is 13.0 Å². The van der Waals surface area contributed by atoms with Gasteiger partial charge in [-0.05, 0) is 12.1 Å². The third-order valence-corrected chi connectivity index (χ3v) is 2.83. The van der Waals surface area contributed by atoms with E-state index in [2.05, 4.69) is 10.3 Å². The summed E-state index contributed by atoms with van der Waals surface area (Å²) < 4.78 is 1.65. The lowest BCUT2D eigenvalue weighted by Crippen LogP contribution is -2.18. The maximum absolute atomic E-state index is 11.7. The fourth-order valence-corrected chi connectivity index (χ4v) is 1.82. The number of rotatable bonds is 3. The van der Waals surface area contributed by atoms with Crippen LogP contribution in [0.3, 0.4) is 0 Å². The van der Waals surface area contributed by atoms with Crippen molar-refractivity contribution in [3.05, 3.63) is 24.0 Å². The number of fused-ring (bicyclic) bond motifs is 1. The molecule has 0 fully saturated rings. The number of carboxylic acids is 1. The molecule has 1 heterocycles. The van der Waals surface area contributed by atoms with Crippen molar-refractivity contribution in [3.63, 3.8) is 0 Å². The topological polar surface area (TPSA) is 84.2 Å². The van der Waals surface area contributed by atoms with Gasteiger partial charge in [-0.2, -0.15) is 0 Å². The van der Waals surface area contributed by atoms with Crippen LogP contribution in [0.2, 0.25) is 0 Å². The second-order valence-electron chi connectivity index (χ2n) is 4.70. The van der Waals surface area contributed by atoms with Crippen LogP contribution in [0.4, 0.5) is 5.69 Å². The Morgan fingerprint density at radius 1 is 1.37 bits per heavy atom. The molecule has 6 nitrogen and oxygen atoms in total. The predicted octanol–water partition coefficient (Wildman–Crippen LogP) is 1.87. The minimum absolute atomic E-state index is 0.122. The summed E-state index contributed by atoms with van der Waals surface area (Å²) in [5.41, 5.74) is 1.65. The van der Waals surface area contributed by atoms with Crippen LogP contribution in [0.15, 0.2) is 18.5 Å². The summed E-state index contributed by atoms with van der Waals surface area (Å²) in [5, 5.41) is 11.9. The van der Waals surface area contributed by atoms with Gasteiger partial charge in [0.2, 0.25) is 5.91 Å². The molecule has 2 N–H and O–H groups in total. The quantitative estimate of drug-likeness (QED) is 0.883. The lowest BCUT2D eigenvalue weighted by Gasteiger charge is -2.09. The summed E-state index contributed by atoms with van der Waals surface area (Å²) in [5.74, 6) is -1.38. The highest BCUT2D eigenvalue weighted by Gasteiger charge is 2.16. The Morgan fingerprint density at radius 2 is 2.05 bits per heavy atom. The lowest BCUT2D eigenvalue weighted by atomic mass is 10.1. The number of aromatic nitrogens is 2. The summed E-state index contributed by atoms with van der Waals surface area (Å²) in [7, 11) is 1.73. The molecule has 100 valence electrons. The van der Waals surface area contributed by atoms with Gasteiger partial charge in [-0.25, -0.2) is 9.78 Å². The maximum atomic E-state index is 11.7. The average molecular weight is 261 g/mol. The number of hydrogen-bond donors (Lipinski definition) is 2. The van der Waals surface area contributed by atoms with E-state index >= 15 is 0 Å². The fraction of sp³-hybridized carbons (Fsp3) is 0.308. The first kappa shape index (κ1) is 13.1. The number of aryl methyl sites for hydroxylation is 1. The Morgan fingerprint density at radius 3 is 2.63 bits per heavy atom. The Balaban J connectivity index is 2.53. The van der Waals surface area contributed by atoms with Gasteiger partial charge in [0.1, 0.15) is 0 Å². The first-order chi connectivity index (χ1) is 8.90. The summed E-state index contributed by atoms with van der Waals surface area (Å²) >= 11 is 0. The molecule has 0 atom stereocenters. The van der Waals surface area contributed by atoms with Gasteiger partial charge in [-0.1, -0.05) is 13.8 Å². The van der Waals surface area contributed by atoms with Gasteiger partial charge in [0.25, 0.3) is 0 Å². The number of carbonyl (C=O) groups is 2. The van der Waals surface area contributed by atoms with E-state index in [1.54, 1.807) is 37.9 Å². The van der Waals surface area contributed by atoms with Gasteiger partial charge in [0.15, 0.2) is 0 Å². The van der Waals surface area contributed by atoms with E-state index in [-0.39, 0.29) is 17.4 Å². The van der Waals surface area contributed by atoms with Crippen molar-refractivity contribution in [2.45, 2.75) is 13.8 Å². The molecule has 0 saturated heterocycles. The van der Waals surface area contributed by atoms with Crippen molar-refractivity contribution < 1.29 is 14.7 Å². The number of aromatic carboxylic acids is 1. The van der Waals surface area contributed by atoms with E-state index in [1.165, 1.54) is 6.07 Å². The molecule has 0 aliphatic carbocycles. The van der Waals surface area contributed by atoms with Crippen LogP contribution in [-0.4, -0.2) is 26.5 Å². The highest BCUT2D eigenvalue weighted by molar-refractivity contribution is 6.04. The van der Waals surface area contributed by atoms with Crippen LogP contribution in [0.1, 0.15) is 24.2 Å². The molecule has 0 radical (unpaired) electrons. The number of imidazole rings is 1. The molecular weight excluding hydrogens is 246 g/mol. The number of anilines is 1. The Labute approximate surface area is 110 Å². The number of carbonyl (C=O) groups excluding carboxylic acids is 1. The highest BCUT2D eigenvalue weighted by Crippen LogP contribution is 2.23. The first-order valence-electron chi connectivity index (χ1n) is 5.89. The molecule has 19 heavy (non-hydrogen) atoms. The maximum Gasteiger partial charge on any atom is 0.337 e. The number of amides is 1. The van der Waals surface area contributed by atoms with Gasteiger partial charge in [0, 0.05) is 18.7 Å². The van der Waals surface area contributed by atoms with Crippen molar-refractivity contribution in [2.75, 3.05) is 5.32 Å². The average Bonchev–Trinajstić information content (AvgIpc) is 2.70. The van der Waals surface area contributed by atoms with Gasteiger partial charge in [-0.15, -0.1) is 0 Å². The molecule has 1 aromatic heterocycles. The number of nitrogens with one attached hydrogen (secondary N) is 1. The largest absolute Gasteiger partial charge is 0.478 e. The lowest BCUT2D eigenvalue weighted by molar-refractivity contribution is -0.118.